The van der Waals surface area contributed by atoms with Gasteiger partial charge in [0, 0.05) is 18.3 Å². The van der Waals surface area contributed by atoms with Crippen LogP contribution in [0, 0.1) is 17.8 Å². The molecule has 206 valence electrons. The number of carbonyl (C=O) groups excluding carboxylic acids is 3. The number of esters is 1. The molecule has 1 aromatic carbocycles. The second-order valence-electron chi connectivity index (χ2n) is 10.6. The molecule has 2 bridgehead atoms. The van der Waals surface area contributed by atoms with Crippen LogP contribution in [-0.2, 0) is 19.1 Å². The Balaban J connectivity index is 1.82. The molecule has 3 fully saturated rings. The summed E-state index contributed by atoms with van der Waals surface area (Å²) in [5, 5.41) is 10.5. The smallest absolute Gasteiger partial charge is 0.311 e. The number of likely N-dealkylation sites (tertiary alicyclic amines) is 1. The van der Waals surface area contributed by atoms with Crippen molar-refractivity contribution in [3.8, 4) is 0 Å². The van der Waals surface area contributed by atoms with Gasteiger partial charge in [-0.05, 0) is 24.3 Å². The van der Waals surface area contributed by atoms with Gasteiger partial charge in [0.25, 0.3) is 0 Å². The number of hydrogen-bond acceptors (Lipinski definition) is 6. The van der Waals surface area contributed by atoms with Crippen LogP contribution in [0.25, 0.3) is 0 Å². The van der Waals surface area contributed by atoms with Crippen molar-refractivity contribution in [2.75, 3.05) is 26.3 Å². The molecular formula is C30H40N2O5S. The molecule has 2 amide bonds. The average molecular weight is 541 g/mol. The van der Waals surface area contributed by atoms with E-state index in [1.807, 2.05) is 30.3 Å². The van der Waals surface area contributed by atoms with Gasteiger partial charge in [-0.2, -0.15) is 0 Å². The molecule has 1 aromatic rings. The van der Waals surface area contributed by atoms with Crippen molar-refractivity contribution < 1.29 is 24.2 Å². The summed E-state index contributed by atoms with van der Waals surface area (Å²) in [4.78, 5) is 45.6. The lowest BCUT2D eigenvalue weighted by molar-refractivity contribution is -0.154. The average Bonchev–Trinajstić information content (AvgIpc) is 3.51. The van der Waals surface area contributed by atoms with Crippen molar-refractivity contribution >= 4 is 29.5 Å². The minimum atomic E-state index is -0.805. The van der Waals surface area contributed by atoms with E-state index < -0.39 is 34.6 Å². The number of rotatable bonds is 13. The quantitative estimate of drug-likeness (QED) is 0.231. The van der Waals surface area contributed by atoms with Crippen LogP contribution in [0.4, 0.5) is 0 Å². The second kappa shape index (κ2) is 12.1. The highest BCUT2D eigenvalue weighted by molar-refractivity contribution is 8.02. The van der Waals surface area contributed by atoms with Gasteiger partial charge in [0.2, 0.25) is 11.8 Å². The molecule has 0 radical (unpaired) electrons. The number of nitrogens with zero attached hydrogens (tertiary/aromatic N) is 2. The number of benzene rings is 1. The number of unbranched alkanes of at least 4 members (excludes halogenated alkanes) is 2. The van der Waals surface area contributed by atoms with E-state index in [-0.39, 0.29) is 36.2 Å². The standard InChI is InChI=1S/C30H40N2O5S/c1-5-8-12-16-31(15-6-2)28(35)26-30-20(4)18-23(38-30)24(29(36)37-17-7-3)25(30)27(34)32(26)22(19-33)21-13-10-9-11-14-21/h6-7,9-11,13-14,20,22-26,33H,2-3,5,8,12,15-19H2,1,4H3/t20?,22-,23+,24-,25+,26?,30?/m1/s1. The molecule has 0 aliphatic carbocycles. The van der Waals surface area contributed by atoms with Crippen molar-refractivity contribution in [1.82, 2.24) is 9.80 Å². The Morgan fingerprint density at radius 3 is 2.63 bits per heavy atom. The maximum Gasteiger partial charge on any atom is 0.311 e. The molecule has 3 aliphatic heterocycles. The summed E-state index contributed by atoms with van der Waals surface area (Å²) in [7, 11) is 0. The monoisotopic (exact) mass is 540 g/mol. The number of fused-ring (bicyclic) bond motifs is 1. The lowest BCUT2D eigenvalue weighted by Gasteiger charge is -2.42. The second-order valence-corrected chi connectivity index (χ2v) is 12.2. The third kappa shape index (κ3) is 4.70. The van der Waals surface area contributed by atoms with Crippen LogP contribution in [0.5, 0.6) is 0 Å². The zero-order valence-electron chi connectivity index (χ0n) is 22.5. The highest BCUT2D eigenvalue weighted by atomic mass is 32.2. The normalized spacial score (nSPS) is 30.1. The predicted octanol–water partition coefficient (Wildman–Crippen LogP) is 3.99. The van der Waals surface area contributed by atoms with Crippen molar-refractivity contribution in [3.63, 3.8) is 0 Å². The largest absolute Gasteiger partial charge is 0.461 e. The molecule has 8 heteroatoms. The van der Waals surface area contributed by atoms with Gasteiger partial charge in [0.05, 0.1) is 29.2 Å². The van der Waals surface area contributed by atoms with Crippen molar-refractivity contribution in [1.29, 1.82) is 0 Å². The first-order chi connectivity index (χ1) is 18.4. The molecule has 7 nitrogen and oxygen atoms in total. The van der Waals surface area contributed by atoms with Crippen molar-refractivity contribution in [2.45, 2.75) is 61.6 Å². The Morgan fingerprint density at radius 1 is 1.26 bits per heavy atom. The summed E-state index contributed by atoms with van der Waals surface area (Å²) in [6.07, 6.45) is 6.85. The lowest BCUT2D eigenvalue weighted by atomic mass is 9.66. The lowest BCUT2D eigenvalue weighted by Crippen LogP contribution is -2.58. The molecule has 3 saturated heterocycles. The van der Waals surface area contributed by atoms with E-state index >= 15 is 0 Å². The summed E-state index contributed by atoms with van der Waals surface area (Å²) >= 11 is 1.61. The zero-order valence-corrected chi connectivity index (χ0v) is 23.3. The Bertz CT molecular complexity index is 1050. The summed E-state index contributed by atoms with van der Waals surface area (Å²) in [5.74, 6) is -2.08. The number of ether oxygens (including phenoxy) is 1. The van der Waals surface area contributed by atoms with Crippen LogP contribution in [0.1, 0.15) is 51.1 Å². The van der Waals surface area contributed by atoms with Gasteiger partial charge in [0.1, 0.15) is 12.6 Å². The van der Waals surface area contributed by atoms with E-state index in [9.17, 15) is 19.5 Å². The van der Waals surface area contributed by atoms with Crippen molar-refractivity contribution in [3.05, 3.63) is 61.2 Å². The van der Waals surface area contributed by atoms with E-state index in [1.54, 1.807) is 27.6 Å². The minimum Gasteiger partial charge on any atom is -0.461 e. The molecule has 0 aromatic heterocycles. The molecule has 3 unspecified atom stereocenters. The van der Waals surface area contributed by atoms with Gasteiger partial charge in [-0.3, -0.25) is 14.4 Å². The SMILES string of the molecule is C=CCOC(=O)[C@@H]1[C@@H]2CC(C)C3(S2)C(C(=O)N(CC=C)CCCCC)N([C@H](CO)c2ccccc2)C(=O)[C@H]13. The van der Waals surface area contributed by atoms with Crippen LogP contribution in [-0.4, -0.2) is 75.0 Å². The summed E-state index contributed by atoms with van der Waals surface area (Å²) in [5.41, 5.74) is 0.761. The maximum absolute atomic E-state index is 14.5. The number of aliphatic hydroxyl groups is 1. The van der Waals surface area contributed by atoms with Crippen LogP contribution < -0.4 is 0 Å². The van der Waals surface area contributed by atoms with E-state index in [0.717, 1.165) is 31.2 Å². The Hall–Kier alpha value is -2.58. The third-order valence-corrected chi connectivity index (χ3v) is 10.5. The fraction of sp³-hybridized carbons (Fsp3) is 0.567. The van der Waals surface area contributed by atoms with Crippen LogP contribution in [0.15, 0.2) is 55.6 Å². The highest BCUT2D eigenvalue weighted by Crippen LogP contribution is 2.69. The fourth-order valence-electron chi connectivity index (χ4n) is 6.78. The molecule has 3 heterocycles. The first-order valence-electron chi connectivity index (χ1n) is 13.7. The van der Waals surface area contributed by atoms with Crippen molar-refractivity contribution in [2.24, 2.45) is 17.8 Å². The van der Waals surface area contributed by atoms with Gasteiger partial charge in [-0.15, -0.1) is 18.3 Å². The maximum atomic E-state index is 14.5. The summed E-state index contributed by atoms with van der Waals surface area (Å²) in [6.45, 7) is 12.4. The van der Waals surface area contributed by atoms with E-state index in [1.165, 1.54) is 6.08 Å². The van der Waals surface area contributed by atoms with Gasteiger partial charge in [-0.1, -0.05) is 75.8 Å². The number of amides is 2. The molecule has 3 aliphatic rings. The fourth-order valence-corrected chi connectivity index (χ4v) is 9.17. The molecule has 0 saturated carbocycles. The summed E-state index contributed by atoms with van der Waals surface area (Å²) in [6, 6.07) is 7.84. The van der Waals surface area contributed by atoms with Gasteiger partial charge in [0.15, 0.2) is 0 Å². The minimum absolute atomic E-state index is 0.0326. The zero-order chi connectivity index (χ0) is 27.4. The van der Waals surface area contributed by atoms with Crippen LogP contribution >= 0.6 is 11.8 Å². The number of carbonyl (C=O) groups is 3. The first kappa shape index (κ1) is 28.4. The van der Waals surface area contributed by atoms with Gasteiger partial charge < -0.3 is 19.6 Å². The molecule has 38 heavy (non-hydrogen) atoms. The highest BCUT2D eigenvalue weighted by Gasteiger charge is 2.77. The van der Waals surface area contributed by atoms with E-state index in [2.05, 4.69) is 27.0 Å². The predicted molar refractivity (Wildman–Crippen MR) is 149 cm³/mol. The Morgan fingerprint density at radius 2 is 2.00 bits per heavy atom. The molecule has 7 atom stereocenters. The van der Waals surface area contributed by atoms with Gasteiger partial charge >= 0.3 is 5.97 Å². The Labute approximate surface area is 230 Å². The molecule has 1 spiro atoms. The molecule has 1 N–H and O–H groups in total. The number of thioether (sulfide) groups is 1. The number of aliphatic hydroxyl groups excluding tert-OH is 1. The van der Waals surface area contributed by atoms with Crippen LogP contribution in [0.2, 0.25) is 0 Å². The topological polar surface area (TPSA) is 87.2 Å². The number of hydrogen-bond donors (Lipinski definition) is 1. The molecule has 4 rings (SSSR count). The van der Waals surface area contributed by atoms with E-state index in [4.69, 9.17) is 4.74 Å². The van der Waals surface area contributed by atoms with E-state index in [0.29, 0.717) is 13.1 Å². The third-order valence-electron chi connectivity index (χ3n) is 8.42. The Kier molecular flexibility index (Phi) is 9.04. The molecular weight excluding hydrogens is 500 g/mol. The van der Waals surface area contributed by atoms with Gasteiger partial charge in [-0.25, -0.2) is 0 Å². The summed E-state index contributed by atoms with van der Waals surface area (Å²) < 4.78 is 4.70. The van der Waals surface area contributed by atoms with Crippen LogP contribution in [0.3, 0.4) is 0 Å². The first-order valence-corrected chi connectivity index (χ1v) is 14.6.